The van der Waals surface area contributed by atoms with Crippen molar-refractivity contribution < 1.29 is 14.6 Å². The number of carboxylic acid groups (broad SMARTS) is 1. The van der Waals surface area contributed by atoms with Gasteiger partial charge in [0.05, 0.1) is 11.5 Å². The van der Waals surface area contributed by atoms with Crippen LogP contribution >= 0.6 is 0 Å². The Morgan fingerprint density at radius 1 is 1.30 bits per heavy atom. The summed E-state index contributed by atoms with van der Waals surface area (Å²) in [4.78, 5) is 10.5. The van der Waals surface area contributed by atoms with Crippen molar-refractivity contribution >= 4 is 6.16 Å². The van der Waals surface area contributed by atoms with E-state index in [1.807, 2.05) is 32.0 Å². The number of nitriles is 1. The highest BCUT2D eigenvalue weighted by Crippen LogP contribution is 2.31. The molecule has 108 valence electrons. The van der Waals surface area contributed by atoms with Gasteiger partial charge in [0.25, 0.3) is 0 Å². The second-order valence-electron chi connectivity index (χ2n) is 6.41. The van der Waals surface area contributed by atoms with Crippen LogP contribution in [0.2, 0.25) is 0 Å². The van der Waals surface area contributed by atoms with Crippen LogP contribution in [0, 0.1) is 11.3 Å². The van der Waals surface area contributed by atoms with Crippen LogP contribution in [0.15, 0.2) is 18.2 Å². The van der Waals surface area contributed by atoms with Crippen LogP contribution < -0.4 is 0 Å². The second kappa shape index (κ2) is 5.54. The first-order valence-electron chi connectivity index (χ1n) is 6.49. The van der Waals surface area contributed by atoms with E-state index in [0.717, 1.165) is 16.7 Å². The van der Waals surface area contributed by atoms with Gasteiger partial charge in [0.2, 0.25) is 0 Å². The van der Waals surface area contributed by atoms with Gasteiger partial charge in [-0.2, -0.15) is 5.26 Å². The maximum absolute atomic E-state index is 10.5. The molecule has 0 fully saturated rings. The lowest BCUT2D eigenvalue weighted by molar-refractivity contribution is 0.0850. The zero-order chi connectivity index (χ0) is 15.6. The van der Waals surface area contributed by atoms with Gasteiger partial charge < -0.3 is 9.84 Å². The van der Waals surface area contributed by atoms with E-state index >= 15 is 0 Å². The third-order valence-electron chi connectivity index (χ3n) is 3.28. The zero-order valence-electron chi connectivity index (χ0n) is 12.7. The van der Waals surface area contributed by atoms with Gasteiger partial charge >= 0.3 is 6.16 Å². The van der Waals surface area contributed by atoms with Gasteiger partial charge in [-0.15, -0.1) is 0 Å². The Balaban J connectivity index is 3.32. The summed E-state index contributed by atoms with van der Waals surface area (Å²) in [6, 6.07) is 8.04. The molecule has 0 aliphatic rings. The highest BCUT2D eigenvalue weighted by molar-refractivity contribution is 5.57. The van der Waals surface area contributed by atoms with Crippen LogP contribution in [0.25, 0.3) is 0 Å². The van der Waals surface area contributed by atoms with E-state index in [1.54, 1.807) is 0 Å². The van der Waals surface area contributed by atoms with Crippen LogP contribution in [-0.2, 0) is 22.2 Å². The van der Waals surface area contributed by atoms with Gasteiger partial charge in [-0.25, -0.2) is 4.79 Å². The molecule has 0 aromatic heterocycles. The molecule has 4 nitrogen and oxygen atoms in total. The molecular formula is C16H21NO3. The minimum atomic E-state index is -1.31. The summed E-state index contributed by atoms with van der Waals surface area (Å²) in [6.07, 6.45) is -1.31. The van der Waals surface area contributed by atoms with E-state index in [2.05, 4.69) is 31.6 Å². The van der Waals surface area contributed by atoms with Crippen molar-refractivity contribution in [3.63, 3.8) is 0 Å². The standard InChI is InChI=1S/C16H21NO3/c1-15(2,3)12-7-6-11(9-20-14(18)19)13(8-12)16(4,5)10-17/h6-8H,9H2,1-5H3,(H,18,19). The number of nitrogens with zero attached hydrogens (tertiary/aromatic N) is 1. The van der Waals surface area contributed by atoms with Crippen LogP contribution in [-0.4, -0.2) is 11.3 Å². The smallest absolute Gasteiger partial charge is 0.450 e. The maximum Gasteiger partial charge on any atom is 0.506 e. The van der Waals surface area contributed by atoms with Crippen LogP contribution in [0.4, 0.5) is 4.79 Å². The van der Waals surface area contributed by atoms with Gasteiger partial charge in [-0.05, 0) is 36.0 Å². The summed E-state index contributed by atoms with van der Waals surface area (Å²) < 4.78 is 4.64. The molecule has 0 aliphatic carbocycles. The summed E-state index contributed by atoms with van der Waals surface area (Å²) in [5.41, 5.74) is 1.92. The van der Waals surface area contributed by atoms with Gasteiger partial charge in [0, 0.05) is 0 Å². The number of rotatable bonds is 3. The second-order valence-corrected chi connectivity index (χ2v) is 6.41. The Labute approximate surface area is 120 Å². The normalized spacial score (nSPS) is 11.8. The van der Waals surface area contributed by atoms with Crippen LogP contribution in [0.1, 0.15) is 51.3 Å². The fourth-order valence-electron chi connectivity index (χ4n) is 1.95. The third-order valence-corrected chi connectivity index (χ3v) is 3.28. The van der Waals surface area contributed by atoms with E-state index in [-0.39, 0.29) is 12.0 Å². The summed E-state index contributed by atoms with van der Waals surface area (Å²) in [5, 5.41) is 18.0. The first kappa shape index (κ1) is 16.0. The SMILES string of the molecule is CC(C)(C)c1ccc(COC(=O)O)c(C(C)(C)C#N)c1. The molecular weight excluding hydrogens is 254 g/mol. The number of benzene rings is 1. The molecule has 0 saturated carbocycles. The van der Waals surface area contributed by atoms with Crippen molar-refractivity contribution in [1.82, 2.24) is 0 Å². The molecule has 0 heterocycles. The first-order valence-corrected chi connectivity index (χ1v) is 6.49. The molecule has 1 aromatic carbocycles. The fourth-order valence-corrected chi connectivity index (χ4v) is 1.95. The lowest BCUT2D eigenvalue weighted by Crippen LogP contribution is -2.20. The molecule has 0 aliphatic heterocycles. The Kier molecular flexibility index (Phi) is 4.44. The summed E-state index contributed by atoms with van der Waals surface area (Å²) in [7, 11) is 0. The molecule has 4 heteroatoms. The molecule has 0 bridgehead atoms. The molecule has 0 spiro atoms. The highest BCUT2D eigenvalue weighted by atomic mass is 16.7. The van der Waals surface area contributed by atoms with Gasteiger partial charge in [-0.1, -0.05) is 39.0 Å². The summed E-state index contributed by atoms with van der Waals surface area (Å²) in [5.74, 6) is 0. The molecule has 0 saturated heterocycles. The van der Waals surface area contributed by atoms with Gasteiger partial charge in [-0.3, -0.25) is 0 Å². The number of carbonyl (C=O) groups is 1. The number of hydrogen-bond donors (Lipinski definition) is 1. The van der Waals surface area contributed by atoms with E-state index < -0.39 is 11.6 Å². The van der Waals surface area contributed by atoms with Crippen molar-refractivity contribution in [1.29, 1.82) is 5.26 Å². The van der Waals surface area contributed by atoms with E-state index in [4.69, 9.17) is 5.11 Å². The maximum atomic E-state index is 10.5. The van der Waals surface area contributed by atoms with Crippen molar-refractivity contribution in [2.24, 2.45) is 0 Å². The van der Waals surface area contributed by atoms with Gasteiger partial charge in [0.15, 0.2) is 0 Å². The van der Waals surface area contributed by atoms with Crippen molar-refractivity contribution in [2.45, 2.75) is 52.1 Å². The Morgan fingerprint density at radius 3 is 2.35 bits per heavy atom. The minimum Gasteiger partial charge on any atom is -0.450 e. The third kappa shape index (κ3) is 3.74. The van der Waals surface area contributed by atoms with E-state index in [1.165, 1.54) is 0 Å². The topological polar surface area (TPSA) is 70.3 Å². The van der Waals surface area contributed by atoms with Crippen LogP contribution in [0.5, 0.6) is 0 Å². The Hall–Kier alpha value is -2.02. The number of ether oxygens (including phenoxy) is 1. The minimum absolute atomic E-state index is 0.0352. The zero-order valence-corrected chi connectivity index (χ0v) is 12.7. The fraction of sp³-hybridized carbons (Fsp3) is 0.500. The molecule has 0 radical (unpaired) electrons. The molecule has 1 N–H and O–H groups in total. The molecule has 0 amide bonds. The molecule has 20 heavy (non-hydrogen) atoms. The largest absolute Gasteiger partial charge is 0.506 e. The number of hydrogen-bond acceptors (Lipinski definition) is 3. The lowest BCUT2D eigenvalue weighted by atomic mass is 9.78. The quantitative estimate of drug-likeness (QED) is 0.847. The Bertz CT molecular complexity index is 548. The molecule has 0 unspecified atom stereocenters. The van der Waals surface area contributed by atoms with Crippen molar-refractivity contribution in [3.8, 4) is 6.07 Å². The molecule has 1 rings (SSSR count). The van der Waals surface area contributed by atoms with Gasteiger partial charge in [0.1, 0.15) is 6.61 Å². The lowest BCUT2D eigenvalue weighted by Gasteiger charge is -2.25. The summed E-state index contributed by atoms with van der Waals surface area (Å²) in [6.45, 7) is 9.88. The predicted octanol–water partition coefficient (Wildman–Crippen LogP) is 3.98. The Morgan fingerprint density at radius 2 is 1.90 bits per heavy atom. The van der Waals surface area contributed by atoms with Crippen molar-refractivity contribution in [3.05, 3.63) is 34.9 Å². The monoisotopic (exact) mass is 275 g/mol. The first-order chi connectivity index (χ1) is 9.08. The average Bonchev–Trinajstić information content (AvgIpc) is 2.34. The molecule has 1 aromatic rings. The van der Waals surface area contributed by atoms with E-state index in [9.17, 15) is 10.1 Å². The predicted molar refractivity (Wildman–Crippen MR) is 76.6 cm³/mol. The van der Waals surface area contributed by atoms with E-state index in [0.29, 0.717) is 0 Å². The molecule has 0 atom stereocenters. The average molecular weight is 275 g/mol. The highest BCUT2D eigenvalue weighted by Gasteiger charge is 2.26. The van der Waals surface area contributed by atoms with Crippen molar-refractivity contribution in [2.75, 3.05) is 0 Å². The summed E-state index contributed by atoms with van der Waals surface area (Å²) >= 11 is 0. The van der Waals surface area contributed by atoms with Crippen LogP contribution in [0.3, 0.4) is 0 Å².